The highest BCUT2D eigenvalue weighted by Crippen LogP contribution is 2.38. The van der Waals surface area contributed by atoms with E-state index in [1.165, 1.54) is 0 Å². The molecule has 1 aliphatic rings. The van der Waals surface area contributed by atoms with Crippen LogP contribution in [0.25, 0.3) is 0 Å². The summed E-state index contributed by atoms with van der Waals surface area (Å²) in [7, 11) is 4.63. The number of ether oxygens (including phenoxy) is 3. The Balaban J connectivity index is 2.29. The Morgan fingerprint density at radius 1 is 1.24 bits per heavy atom. The van der Waals surface area contributed by atoms with Crippen molar-refractivity contribution < 1.29 is 19.0 Å². The van der Waals surface area contributed by atoms with Crippen molar-refractivity contribution in [1.82, 2.24) is 4.90 Å². The van der Waals surface area contributed by atoms with Gasteiger partial charge in [0, 0.05) is 24.0 Å². The van der Waals surface area contributed by atoms with Crippen molar-refractivity contribution in [2.45, 2.75) is 6.42 Å². The van der Waals surface area contributed by atoms with Crippen LogP contribution in [0.5, 0.6) is 17.2 Å². The van der Waals surface area contributed by atoms with Crippen LogP contribution in [0.1, 0.15) is 16.8 Å². The van der Waals surface area contributed by atoms with Gasteiger partial charge in [-0.25, -0.2) is 0 Å². The number of benzene rings is 1. The first-order valence-corrected chi connectivity index (χ1v) is 7.92. The van der Waals surface area contributed by atoms with Gasteiger partial charge in [-0.05, 0) is 24.5 Å². The third-order valence-electron chi connectivity index (χ3n) is 3.70. The molecule has 2 rings (SSSR count). The van der Waals surface area contributed by atoms with Crippen LogP contribution in [0, 0.1) is 5.92 Å². The van der Waals surface area contributed by atoms with Gasteiger partial charge in [0.05, 0.1) is 21.3 Å². The summed E-state index contributed by atoms with van der Waals surface area (Å²) in [5.41, 5.74) is 0.555. The van der Waals surface area contributed by atoms with Crippen molar-refractivity contribution in [3.63, 3.8) is 0 Å². The zero-order chi connectivity index (χ0) is 15.4. The lowest BCUT2D eigenvalue weighted by Gasteiger charge is -2.18. The fraction of sp³-hybridized carbons (Fsp3) is 0.533. The molecule has 1 aromatic rings. The summed E-state index contributed by atoms with van der Waals surface area (Å²) in [6.45, 7) is 1.56. The Bertz CT molecular complexity index is 495. The second kappa shape index (κ2) is 7.02. The molecule has 6 heteroatoms. The van der Waals surface area contributed by atoms with E-state index in [4.69, 9.17) is 14.2 Å². The van der Waals surface area contributed by atoms with Gasteiger partial charge in [0.25, 0.3) is 5.91 Å². The van der Waals surface area contributed by atoms with Crippen LogP contribution in [-0.2, 0) is 0 Å². The number of carbonyl (C=O) groups excluding carboxylic acids is 1. The zero-order valence-electron chi connectivity index (χ0n) is 12.5. The molecular formula is C15H20BrNO4. The molecule has 0 N–H and O–H groups in total. The van der Waals surface area contributed by atoms with Crippen LogP contribution in [0.4, 0.5) is 0 Å². The van der Waals surface area contributed by atoms with Gasteiger partial charge < -0.3 is 19.1 Å². The lowest BCUT2D eigenvalue weighted by atomic mass is 10.1. The summed E-state index contributed by atoms with van der Waals surface area (Å²) in [5, 5.41) is 0.923. The lowest BCUT2D eigenvalue weighted by Crippen LogP contribution is -2.29. The summed E-state index contributed by atoms with van der Waals surface area (Å²) in [4.78, 5) is 14.5. The topological polar surface area (TPSA) is 48.0 Å². The van der Waals surface area contributed by atoms with Gasteiger partial charge in [-0.15, -0.1) is 0 Å². The van der Waals surface area contributed by atoms with E-state index in [0.717, 1.165) is 24.8 Å². The number of nitrogens with zero attached hydrogens (tertiary/aromatic N) is 1. The lowest BCUT2D eigenvalue weighted by molar-refractivity contribution is 0.0787. The van der Waals surface area contributed by atoms with Crippen LogP contribution < -0.4 is 14.2 Å². The first-order chi connectivity index (χ1) is 10.1. The summed E-state index contributed by atoms with van der Waals surface area (Å²) in [6, 6.07) is 3.40. The van der Waals surface area contributed by atoms with Crippen LogP contribution in [0.15, 0.2) is 12.1 Å². The molecule has 0 bridgehead atoms. The van der Waals surface area contributed by atoms with E-state index in [-0.39, 0.29) is 5.91 Å². The van der Waals surface area contributed by atoms with Crippen molar-refractivity contribution >= 4 is 21.8 Å². The van der Waals surface area contributed by atoms with Crippen molar-refractivity contribution in [3.05, 3.63) is 17.7 Å². The largest absolute Gasteiger partial charge is 0.493 e. The Kier molecular flexibility index (Phi) is 5.33. The molecule has 1 atom stereocenters. The molecule has 1 aromatic carbocycles. The van der Waals surface area contributed by atoms with Crippen molar-refractivity contribution in [3.8, 4) is 17.2 Å². The minimum atomic E-state index is -0.00213. The van der Waals surface area contributed by atoms with Crippen LogP contribution >= 0.6 is 15.9 Å². The molecule has 1 heterocycles. The number of hydrogen-bond donors (Lipinski definition) is 0. The van der Waals surface area contributed by atoms with Crippen molar-refractivity contribution in [2.24, 2.45) is 5.92 Å². The second-order valence-corrected chi connectivity index (χ2v) is 5.62. The summed E-state index contributed by atoms with van der Waals surface area (Å²) < 4.78 is 15.9. The normalized spacial score (nSPS) is 17.7. The number of hydrogen-bond acceptors (Lipinski definition) is 4. The maximum atomic E-state index is 12.6. The van der Waals surface area contributed by atoms with Crippen LogP contribution in [0.3, 0.4) is 0 Å². The second-order valence-electron chi connectivity index (χ2n) is 4.97. The molecule has 1 fully saturated rings. The number of amides is 1. The molecule has 1 amide bonds. The Hall–Kier alpha value is -1.43. The molecule has 0 aromatic heterocycles. The van der Waals surface area contributed by atoms with Gasteiger partial charge >= 0.3 is 0 Å². The minimum absolute atomic E-state index is 0.00213. The van der Waals surface area contributed by atoms with Gasteiger partial charge in [0.15, 0.2) is 11.5 Å². The molecule has 0 radical (unpaired) electrons. The molecule has 1 unspecified atom stereocenters. The Morgan fingerprint density at radius 3 is 2.29 bits per heavy atom. The third-order valence-corrected chi connectivity index (χ3v) is 4.62. The maximum Gasteiger partial charge on any atom is 0.254 e. The third kappa shape index (κ3) is 3.26. The summed E-state index contributed by atoms with van der Waals surface area (Å²) >= 11 is 3.48. The number of carbonyl (C=O) groups is 1. The van der Waals surface area contributed by atoms with Gasteiger partial charge in [-0.2, -0.15) is 0 Å². The highest BCUT2D eigenvalue weighted by atomic mass is 79.9. The summed E-state index contributed by atoms with van der Waals surface area (Å²) in [5.74, 6) is 2.01. The number of rotatable bonds is 5. The highest BCUT2D eigenvalue weighted by Gasteiger charge is 2.27. The minimum Gasteiger partial charge on any atom is -0.493 e. The number of methoxy groups -OCH3 is 3. The molecule has 5 nitrogen and oxygen atoms in total. The van der Waals surface area contributed by atoms with E-state index in [1.807, 2.05) is 4.90 Å². The molecule has 1 aliphatic heterocycles. The van der Waals surface area contributed by atoms with E-state index in [0.29, 0.717) is 28.7 Å². The van der Waals surface area contributed by atoms with E-state index in [2.05, 4.69) is 15.9 Å². The first-order valence-electron chi connectivity index (χ1n) is 6.79. The predicted octanol–water partition coefficient (Wildman–Crippen LogP) is 2.57. The average Bonchev–Trinajstić information content (AvgIpc) is 3.01. The van der Waals surface area contributed by atoms with E-state index >= 15 is 0 Å². The molecule has 0 saturated carbocycles. The van der Waals surface area contributed by atoms with Crippen LogP contribution in [-0.4, -0.2) is 50.6 Å². The van der Waals surface area contributed by atoms with Crippen molar-refractivity contribution in [2.75, 3.05) is 39.7 Å². The number of likely N-dealkylation sites (tertiary alicyclic amines) is 1. The molecule has 116 valence electrons. The molecule has 0 aliphatic carbocycles. The fourth-order valence-corrected chi connectivity index (χ4v) is 3.06. The average molecular weight is 358 g/mol. The van der Waals surface area contributed by atoms with E-state index in [1.54, 1.807) is 33.5 Å². The fourth-order valence-electron chi connectivity index (χ4n) is 2.53. The highest BCUT2D eigenvalue weighted by molar-refractivity contribution is 9.09. The Morgan fingerprint density at radius 2 is 1.86 bits per heavy atom. The molecular weight excluding hydrogens is 338 g/mol. The van der Waals surface area contributed by atoms with E-state index < -0.39 is 0 Å². The van der Waals surface area contributed by atoms with E-state index in [9.17, 15) is 4.79 Å². The number of halogens is 1. The van der Waals surface area contributed by atoms with Gasteiger partial charge in [0.2, 0.25) is 5.75 Å². The smallest absolute Gasteiger partial charge is 0.254 e. The van der Waals surface area contributed by atoms with Gasteiger partial charge in [-0.1, -0.05) is 15.9 Å². The SMILES string of the molecule is COc1cc(C(=O)N2CCC(CBr)C2)cc(OC)c1OC. The first kappa shape index (κ1) is 15.9. The zero-order valence-corrected chi connectivity index (χ0v) is 14.1. The quantitative estimate of drug-likeness (QED) is 0.760. The maximum absolute atomic E-state index is 12.6. The monoisotopic (exact) mass is 357 g/mol. The molecule has 1 saturated heterocycles. The van der Waals surface area contributed by atoms with Gasteiger partial charge in [-0.3, -0.25) is 4.79 Å². The predicted molar refractivity (Wildman–Crippen MR) is 83.9 cm³/mol. The van der Waals surface area contributed by atoms with Crippen molar-refractivity contribution in [1.29, 1.82) is 0 Å². The Labute approximate surface area is 133 Å². The molecule has 0 spiro atoms. The number of alkyl halides is 1. The standard InChI is InChI=1S/C15H20BrNO4/c1-19-12-6-11(7-13(20-2)14(12)21-3)15(18)17-5-4-10(8-16)9-17/h6-7,10H,4-5,8-9H2,1-3H3. The molecule has 21 heavy (non-hydrogen) atoms. The van der Waals surface area contributed by atoms with Gasteiger partial charge in [0.1, 0.15) is 0 Å². The summed E-state index contributed by atoms with van der Waals surface area (Å²) in [6.07, 6.45) is 1.03. The van der Waals surface area contributed by atoms with Crippen LogP contribution in [0.2, 0.25) is 0 Å².